The van der Waals surface area contributed by atoms with Crippen molar-refractivity contribution in [1.29, 1.82) is 0 Å². The lowest BCUT2D eigenvalue weighted by atomic mass is 9.97. The number of hydrogen-bond acceptors (Lipinski definition) is 6. The lowest BCUT2D eigenvalue weighted by Gasteiger charge is -2.32. The van der Waals surface area contributed by atoms with Crippen LogP contribution in [0.5, 0.6) is 0 Å². The number of ether oxygens (including phenoxy) is 1. The van der Waals surface area contributed by atoms with Gasteiger partial charge < -0.3 is 10.1 Å². The molecule has 41 heavy (non-hydrogen) atoms. The minimum absolute atomic E-state index is 0.183. The second kappa shape index (κ2) is 12.3. The normalized spacial score (nSPS) is 11.6. The SMILES string of the molecule is COC(=O)c1cccc(N(C(=O)Cn2nnc3ccccc32)C(C(=O)NCc2ccccc2)c2ccccc2C)c1. The van der Waals surface area contributed by atoms with Gasteiger partial charge in [-0.3, -0.25) is 14.5 Å². The molecule has 0 aliphatic carbocycles. The largest absolute Gasteiger partial charge is 0.465 e. The zero-order valence-electron chi connectivity index (χ0n) is 22.7. The Hall–Kier alpha value is -5.31. The Morgan fingerprint density at radius 2 is 1.63 bits per heavy atom. The highest BCUT2D eigenvalue weighted by atomic mass is 16.5. The molecule has 1 atom stereocenters. The van der Waals surface area contributed by atoms with E-state index in [1.807, 2.05) is 85.8 Å². The number of esters is 1. The third-order valence-electron chi connectivity index (χ3n) is 6.82. The maximum absolute atomic E-state index is 14.3. The van der Waals surface area contributed by atoms with Crippen molar-refractivity contribution in [2.45, 2.75) is 26.1 Å². The van der Waals surface area contributed by atoms with Crippen LogP contribution in [0.25, 0.3) is 11.0 Å². The van der Waals surface area contributed by atoms with Gasteiger partial charge in [-0.25, -0.2) is 9.48 Å². The maximum Gasteiger partial charge on any atom is 0.337 e. The summed E-state index contributed by atoms with van der Waals surface area (Å²) in [6.45, 7) is 1.99. The Morgan fingerprint density at radius 1 is 0.902 bits per heavy atom. The van der Waals surface area contributed by atoms with E-state index >= 15 is 0 Å². The average Bonchev–Trinajstić information content (AvgIpc) is 3.41. The Bertz CT molecular complexity index is 1700. The van der Waals surface area contributed by atoms with Gasteiger partial charge in [0, 0.05) is 12.2 Å². The lowest BCUT2D eigenvalue weighted by molar-refractivity contribution is -0.127. The number of aromatic nitrogens is 3. The summed E-state index contributed by atoms with van der Waals surface area (Å²) in [5.41, 5.74) is 4.36. The molecule has 2 amide bonds. The smallest absolute Gasteiger partial charge is 0.337 e. The fraction of sp³-hybridized carbons (Fsp3) is 0.156. The number of fused-ring (bicyclic) bond motifs is 1. The van der Waals surface area contributed by atoms with Crippen molar-refractivity contribution in [3.63, 3.8) is 0 Å². The number of methoxy groups -OCH3 is 1. The van der Waals surface area contributed by atoms with Gasteiger partial charge in [-0.2, -0.15) is 0 Å². The van der Waals surface area contributed by atoms with E-state index in [1.165, 1.54) is 16.7 Å². The number of nitrogens with zero attached hydrogens (tertiary/aromatic N) is 4. The summed E-state index contributed by atoms with van der Waals surface area (Å²) >= 11 is 0. The third kappa shape index (κ3) is 5.99. The summed E-state index contributed by atoms with van der Waals surface area (Å²) in [7, 11) is 1.29. The van der Waals surface area contributed by atoms with E-state index in [1.54, 1.807) is 24.3 Å². The number of rotatable bonds is 9. The van der Waals surface area contributed by atoms with Gasteiger partial charge in [0.15, 0.2) is 0 Å². The highest BCUT2D eigenvalue weighted by molar-refractivity contribution is 6.02. The van der Waals surface area contributed by atoms with Gasteiger partial charge >= 0.3 is 5.97 Å². The molecule has 0 aliphatic rings. The number of aryl methyl sites for hydroxylation is 1. The summed E-state index contributed by atoms with van der Waals surface area (Å²) < 4.78 is 6.43. The molecule has 0 saturated heterocycles. The molecule has 5 aromatic rings. The zero-order chi connectivity index (χ0) is 28.8. The number of carbonyl (C=O) groups is 3. The van der Waals surface area contributed by atoms with E-state index < -0.39 is 17.9 Å². The number of benzene rings is 4. The molecular weight excluding hydrogens is 518 g/mol. The highest BCUT2D eigenvalue weighted by Crippen LogP contribution is 2.31. The van der Waals surface area contributed by atoms with Crippen molar-refractivity contribution in [2.24, 2.45) is 0 Å². The van der Waals surface area contributed by atoms with Gasteiger partial charge in [0.1, 0.15) is 18.1 Å². The number of nitrogens with one attached hydrogen (secondary N) is 1. The average molecular weight is 548 g/mol. The summed E-state index contributed by atoms with van der Waals surface area (Å²) in [5.74, 6) is -1.34. The Labute approximate surface area is 237 Å². The van der Waals surface area contributed by atoms with Gasteiger partial charge in [0.05, 0.1) is 18.2 Å². The molecule has 206 valence electrons. The summed E-state index contributed by atoms with van der Waals surface area (Å²) in [5, 5.41) is 11.4. The van der Waals surface area contributed by atoms with E-state index in [0.717, 1.165) is 11.1 Å². The van der Waals surface area contributed by atoms with Crippen molar-refractivity contribution in [2.75, 3.05) is 12.0 Å². The van der Waals surface area contributed by atoms with Gasteiger partial charge in [-0.15, -0.1) is 5.10 Å². The van der Waals surface area contributed by atoms with E-state index in [9.17, 15) is 14.4 Å². The fourth-order valence-electron chi connectivity index (χ4n) is 4.75. The number of para-hydroxylation sites is 1. The standard InChI is InChI=1S/C32H29N5O4/c1-22-11-6-7-16-26(22)30(31(39)33-20-23-12-4-3-5-13-23)37(25-15-10-14-24(19-25)32(40)41-2)29(38)21-36-28-18-9-8-17-27(28)34-35-36/h3-19,30H,20-21H2,1-2H3,(H,33,39). The van der Waals surface area contributed by atoms with Gasteiger partial charge in [-0.1, -0.05) is 78.0 Å². The summed E-state index contributed by atoms with van der Waals surface area (Å²) in [6.07, 6.45) is 0. The van der Waals surface area contributed by atoms with Crippen LogP contribution in [-0.2, 0) is 27.4 Å². The summed E-state index contributed by atoms with van der Waals surface area (Å²) in [6, 6.07) is 29.8. The molecule has 1 unspecified atom stereocenters. The fourth-order valence-corrected chi connectivity index (χ4v) is 4.75. The quantitative estimate of drug-likeness (QED) is 0.270. The summed E-state index contributed by atoms with van der Waals surface area (Å²) in [4.78, 5) is 42.1. The minimum Gasteiger partial charge on any atom is -0.465 e. The zero-order valence-corrected chi connectivity index (χ0v) is 22.7. The lowest BCUT2D eigenvalue weighted by Crippen LogP contribution is -2.45. The first kappa shape index (κ1) is 27.3. The van der Waals surface area contributed by atoms with Crippen molar-refractivity contribution < 1.29 is 19.1 Å². The first-order chi connectivity index (χ1) is 20.0. The predicted molar refractivity (Wildman–Crippen MR) is 155 cm³/mol. The van der Waals surface area contributed by atoms with E-state index in [-0.39, 0.29) is 24.6 Å². The van der Waals surface area contributed by atoms with Crippen LogP contribution >= 0.6 is 0 Å². The molecule has 5 rings (SSSR count). The van der Waals surface area contributed by atoms with Crippen LogP contribution in [0.2, 0.25) is 0 Å². The molecule has 0 radical (unpaired) electrons. The first-order valence-electron chi connectivity index (χ1n) is 13.1. The molecule has 1 heterocycles. The first-order valence-corrected chi connectivity index (χ1v) is 13.1. The van der Waals surface area contributed by atoms with E-state index in [0.29, 0.717) is 22.3 Å². The van der Waals surface area contributed by atoms with Crippen LogP contribution in [-0.4, -0.2) is 39.9 Å². The Balaban J connectivity index is 1.60. The highest BCUT2D eigenvalue weighted by Gasteiger charge is 2.34. The van der Waals surface area contributed by atoms with Crippen LogP contribution in [0, 0.1) is 6.92 Å². The molecule has 4 aromatic carbocycles. The van der Waals surface area contributed by atoms with Crippen LogP contribution in [0.4, 0.5) is 5.69 Å². The van der Waals surface area contributed by atoms with Crippen molar-refractivity contribution >= 4 is 34.5 Å². The van der Waals surface area contributed by atoms with Crippen LogP contribution < -0.4 is 10.2 Å². The van der Waals surface area contributed by atoms with Crippen LogP contribution in [0.1, 0.15) is 33.1 Å². The number of anilines is 1. The third-order valence-corrected chi connectivity index (χ3v) is 6.82. The molecule has 0 aliphatic heterocycles. The van der Waals surface area contributed by atoms with Gasteiger partial charge in [0.25, 0.3) is 0 Å². The topological polar surface area (TPSA) is 106 Å². The maximum atomic E-state index is 14.3. The molecule has 0 saturated carbocycles. The van der Waals surface area contributed by atoms with E-state index in [4.69, 9.17) is 4.74 Å². The Morgan fingerprint density at radius 3 is 2.41 bits per heavy atom. The molecule has 1 aromatic heterocycles. The second-order valence-electron chi connectivity index (χ2n) is 9.50. The Kier molecular flexibility index (Phi) is 8.15. The second-order valence-corrected chi connectivity index (χ2v) is 9.50. The minimum atomic E-state index is -1.05. The molecule has 9 heteroatoms. The number of hydrogen-bond donors (Lipinski definition) is 1. The van der Waals surface area contributed by atoms with Crippen molar-refractivity contribution in [3.05, 3.63) is 125 Å². The predicted octanol–water partition coefficient (Wildman–Crippen LogP) is 4.62. The molecular formula is C32H29N5O4. The monoisotopic (exact) mass is 547 g/mol. The van der Waals surface area contributed by atoms with E-state index in [2.05, 4.69) is 15.6 Å². The van der Waals surface area contributed by atoms with Gasteiger partial charge in [0.2, 0.25) is 11.8 Å². The number of carbonyl (C=O) groups excluding carboxylic acids is 3. The molecule has 1 N–H and O–H groups in total. The van der Waals surface area contributed by atoms with Crippen LogP contribution in [0.3, 0.4) is 0 Å². The molecule has 0 spiro atoms. The number of amides is 2. The molecule has 0 bridgehead atoms. The van der Waals surface area contributed by atoms with Crippen molar-refractivity contribution in [1.82, 2.24) is 20.3 Å². The van der Waals surface area contributed by atoms with Crippen molar-refractivity contribution in [3.8, 4) is 0 Å². The molecule has 0 fully saturated rings. The van der Waals surface area contributed by atoms with Gasteiger partial charge in [-0.05, 0) is 53.9 Å². The molecule has 9 nitrogen and oxygen atoms in total. The van der Waals surface area contributed by atoms with Crippen LogP contribution in [0.15, 0.2) is 103 Å².